The normalized spacial score (nSPS) is 19.7. The molecule has 0 bridgehead atoms. The van der Waals surface area contributed by atoms with E-state index in [2.05, 4.69) is 37.0 Å². The van der Waals surface area contributed by atoms with Crippen molar-refractivity contribution >= 4 is 0 Å². The van der Waals surface area contributed by atoms with Gasteiger partial charge in [0, 0.05) is 19.1 Å². The van der Waals surface area contributed by atoms with E-state index < -0.39 is 0 Å². The number of rotatable bonds is 2. The summed E-state index contributed by atoms with van der Waals surface area (Å²) in [6, 6.07) is 0.693. The van der Waals surface area contributed by atoms with E-state index in [9.17, 15) is 0 Å². The van der Waals surface area contributed by atoms with Crippen LogP contribution in [0.2, 0.25) is 0 Å². The molecule has 0 spiro atoms. The van der Waals surface area contributed by atoms with Crippen LogP contribution in [-0.4, -0.2) is 48.6 Å². The largest absolute Gasteiger partial charge is 0.358 e. The molecule has 1 rings (SSSR count). The maximum absolute atomic E-state index is 2.52. The molecule has 0 aliphatic carbocycles. The standard InChI is InChI=1S/C10H21N2.CH3.Lr/c1-4-11-6-5-7-12(9-8-11)10(2)3;;/h5,10H,4,6-9H2,1-3H3;1H3;/q2*-1;. The second-order valence-corrected chi connectivity index (χ2v) is 3.77. The SMILES string of the molecule is CCN1C[CH-]CN(C(C)C)CC1.[CH3-].[Lr]. The van der Waals surface area contributed by atoms with Crippen molar-refractivity contribution in [1.82, 2.24) is 9.80 Å². The Morgan fingerprint density at radius 2 is 1.86 bits per heavy atom. The molecule has 0 aromatic rings. The van der Waals surface area contributed by atoms with Crippen LogP contribution in [0.5, 0.6) is 0 Å². The molecule has 1 heterocycles. The molecule has 95 valence electrons. The van der Waals surface area contributed by atoms with Crippen LogP contribution in [0, 0.1) is 13.8 Å². The molecule has 0 saturated carbocycles. The minimum atomic E-state index is 0. The van der Waals surface area contributed by atoms with Crippen molar-refractivity contribution in [1.29, 1.82) is 0 Å². The third-order valence-electron chi connectivity index (χ3n) is 2.63. The van der Waals surface area contributed by atoms with Gasteiger partial charge in [0.05, 0.1) is 0 Å². The van der Waals surface area contributed by atoms with E-state index in [4.69, 9.17) is 0 Å². The van der Waals surface area contributed by atoms with Crippen LogP contribution in [0.15, 0.2) is 0 Å². The molecular weight excluding hydrogens is 422 g/mol. The van der Waals surface area contributed by atoms with Crippen LogP contribution < -0.4 is 0 Å². The fraction of sp³-hybridized carbons (Fsp3) is 0.818. The van der Waals surface area contributed by atoms with Crippen LogP contribution in [0.1, 0.15) is 20.8 Å². The third kappa shape index (κ3) is 4.24. The van der Waals surface area contributed by atoms with Gasteiger partial charge in [0.2, 0.25) is 0 Å². The first-order chi connectivity index (χ1) is 5.74. The maximum Gasteiger partial charge on any atom is 0.00825 e. The summed E-state index contributed by atoms with van der Waals surface area (Å²) >= 11 is 0. The van der Waals surface area contributed by atoms with E-state index in [1.165, 1.54) is 26.2 Å². The summed E-state index contributed by atoms with van der Waals surface area (Å²) in [7, 11) is 0. The molecule has 0 amide bonds. The fourth-order valence-electron chi connectivity index (χ4n) is 1.61. The first-order valence-electron chi connectivity index (χ1n) is 5.02. The van der Waals surface area contributed by atoms with Crippen molar-refractivity contribution in [2.24, 2.45) is 0 Å². The number of likely N-dealkylation sites (N-methyl/N-ethyl adjacent to an activating group) is 1. The zero-order valence-corrected chi connectivity index (χ0v) is 12.0. The number of hydrogen-bond donors (Lipinski definition) is 0. The second kappa shape index (κ2) is 7.34. The molecule has 0 N–H and O–H groups in total. The molecule has 0 aromatic heterocycles. The Hall–Kier alpha value is -1.08. The van der Waals surface area contributed by atoms with Gasteiger partial charge in [0.25, 0.3) is 0 Å². The van der Waals surface area contributed by atoms with Gasteiger partial charge in [-0.25, -0.2) is 0 Å². The minimum Gasteiger partial charge on any atom is -0.358 e. The van der Waals surface area contributed by atoms with Gasteiger partial charge in [-0.05, 0) is 20.4 Å². The molecule has 1 fully saturated rings. The molecule has 1 aliphatic rings. The average Bonchev–Trinajstić information content (AvgIpc) is 2.28. The van der Waals surface area contributed by atoms with Gasteiger partial charge in [-0.2, -0.15) is 0 Å². The van der Waals surface area contributed by atoms with Gasteiger partial charge < -0.3 is 23.6 Å². The Bertz CT molecular complexity index is 128. The van der Waals surface area contributed by atoms with Crippen molar-refractivity contribution in [2.45, 2.75) is 26.8 Å². The second-order valence-electron chi connectivity index (χ2n) is 3.77. The quantitative estimate of drug-likeness (QED) is 0.596. The smallest absolute Gasteiger partial charge is 0.00825 e. The Labute approximate surface area is 83.9 Å². The Morgan fingerprint density at radius 3 is 2.36 bits per heavy atom. The predicted octanol–water partition coefficient (Wildman–Crippen LogP) is 1.69. The maximum atomic E-state index is 2.52. The van der Waals surface area contributed by atoms with E-state index in [0.29, 0.717) is 6.04 Å². The van der Waals surface area contributed by atoms with Crippen molar-refractivity contribution in [3.8, 4) is 0 Å². The van der Waals surface area contributed by atoms with Gasteiger partial charge >= 0.3 is 0 Å². The molecule has 14 heavy (non-hydrogen) atoms. The first-order valence-corrected chi connectivity index (χ1v) is 5.02. The summed E-state index contributed by atoms with van der Waals surface area (Å²) in [6.45, 7) is 12.7. The minimum absolute atomic E-state index is 0. The van der Waals surface area contributed by atoms with Gasteiger partial charge in [-0.3, -0.25) is 0 Å². The van der Waals surface area contributed by atoms with E-state index in [1.54, 1.807) is 0 Å². The van der Waals surface area contributed by atoms with Gasteiger partial charge in [-0.15, -0.1) is 13.1 Å². The van der Waals surface area contributed by atoms with Gasteiger partial charge in [0.1, 0.15) is 0 Å². The summed E-state index contributed by atoms with van der Waals surface area (Å²) in [6.07, 6.45) is 2.39. The van der Waals surface area contributed by atoms with Crippen molar-refractivity contribution in [3.63, 3.8) is 0 Å². The van der Waals surface area contributed by atoms with Gasteiger partial charge in [-0.1, -0.05) is 6.92 Å². The molecular formula is C11H24LrN2-2. The summed E-state index contributed by atoms with van der Waals surface area (Å²) in [5.74, 6) is 0. The van der Waals surface area contributed by atoms with E-state index in [0.717, 1.165) is 6.54 Å². The summed E-state index contributed by atoms with van der Waals surface area (Å²) in [5, 5.41) is 0. The zero-order valence-electron chi connectivity index (χ0n) is 9.84. The van der Waals surface area contributed by atoms with Crippen LogP contribution >= 0.6 is 0 Å². The molecule has 1 aliphatic heterocycles. The van der Waals surface area contributed by atoms with Crippen LogP contribution in [0.4, 0.5) is 0 Å². The molecule has 3 heteroatoms. The molecule has 0 aromatic carbocycles. The third-order valence-corrected chi connectivity index (χ3v) is 2.63. The number of hydrogen-bond acceptors (Lipinski definition) is 2. The molecule has 1 radical (unpaired) electrons. The fourth-order valence-corrected chi connectivity index (χ4v) is 1.61. The monoisotopic (exact) mass is 446 g/mol. The number of nitrogens with zero attached hydrogens (tertiary/aromatic N) is 2. The molecule has 0 unspecified atom stereocenters. The Kier molecular flexibility index (Phi) is 8.07. The molecule has 0 atom stereocenters. The zero-order chi connectivity index (χ0) is 8.97. The van der Waals surface area contributed by atoms with E-state index >= 15 is 0 Å². The predicted molar refractivity (Wildman–Crippen MR) is 59.5 cm³/mol. The van der Waals surface area contributed by atoms with Crippen molar-refractivity contribution in [2.75, 3.05) is 32.7 Å². The van der Waals surface area contributed by atoms with Crippen LogP contribution in [0.3, 0.4) is 0 Å². The van der Waals surface area contributed by atoms with Crippen molar-refractivity contribution < 1.29 is 0 Å². The Balaban J connectivity index is 0. The Morgan fingerprint density at radius 1 is 1.21 bits per heavy atom. The van der Waals surface area contributed by atoms with Gasteiger partial charge in [0.15, 0.2) is 0 Å². The van der Waals surface area contributed by atoms with E-state index in [1.807, 2.05) is 0 Å². The first kappa shape index (κ1) is 15.4. The van der Waals surface area contributed by atoms with Crippen LogP contribution in [-0.2, 0) is 0 Å². The van der Waals surface area contributed by atoms with Crippen LogP contribution in [0.25, 0.3) is 0 Å². The van der Waals surface area contributed by atoms with Crippen molar-refractivity contribution in [3.05, 3.63) is 13.8 Å². The topological polar surface area (TPSA) is 6.48 Å². The summed E-state index contributed by atoms with van der Waals surface area (Å²) < 4.78 is 0. The average molecular weight is 446 g/mol. The summed E-state index contributed by atoms with van der Waals surface area (Å²) in [5.41, 5.74) is 0. The van der Waals surface area contributed by atoms with E-state index in [-0.39, 0.29) is 7.43 Å². The molecule has 1 saturated heterocycles. The summed E-state index contributed by atoms with van der Waals surface area (Å²) in [4.78, 5) is 5.01. The molecule has 2 nitrogen and oxygen atoms in total.